The van der Waals surface area contributed by atoms with Gasteiger partial charge in [0.15, 0.2) is 5.13 Å². The third-order valence-electron chi connectivity index (χ3n) is 2.35. The number of benzene rings is 1. The Morgan fingerprint density at radius 2 is 1.89 bits per heavy atom. The van der Waals surface area contributed by atoms with Gasteiger partial charge in [0.1, 0.15) is 4.88 Å². The number of nitrogens with one attached hydrogen (secondary N) is 1. The van der Waals surface area contributed by atoms with Crippen molar-refractivity contribution in [1.82, 2.24) is 4.98 Å². The molecule has 0 bridgehead atoms. The van der Waals surface area contributed by atoms with E-state index < -0.39 is 11.1 Å². The van der Waals surface area contributed by atoms with Gasteiger partial charge in [-0.05, 0) is 12.5 Å². The molecule has 0 unspecified atom stereocenters. The molecule has 1 heterocycles. The van der Waals surface area contributed by atoms with Crippen LogP contribution in [0.15, 0.2) is 30.5 Å². The fourth-order valence-electron chi connectivity index (χ4n) is 1.37. The smallest absolute Gasteiger partial charge is 0.357 e. The minimum Gasteiger partial charge on any atom is -0.357 e. The van der Waals surface area contributed by atoms with Crippen LogP contribution in [-0.2, 0) is 12.7 Å². The first-order chi connectivity index (χ1) is 8.45. The molecule has 1 aromatic carbocycles. The van der Waals surface area contributed by atoms with Crippen molar-refractivity contribution in [3.05, 3.63) is 46.5 Å². The molecule has 0 amide bonds. The van der Waals surface area contributed by atoms with E-state index in [1.807, 2.05) is 31.2 Å². The van der Waals surface area contributed by atoms with E-state index in [0.29, 0.717) is 17.9 Å². The van der Waals surface area contributed by atoms with E-state index >= 15 is 0 Å². The molecule has 1 N–H and O–H groups in total. The Kier molecular flexibility index (Phi) is 3.56. The van der Waals surface area contributed by atoms with Crippen LogP contribution in [-0.4, -0.2) is 4.98 Å². The van der Waals surface area contributed by atoms with E-state index in [4.69, 9.17) is 0 Å². The van der Waals surface area contributed by atoms with Gasteiger partial charge < -0.3 is 5.32 Å². The van der Waals surface area contributed by atoms with Crippen molar-refractivity contribution in [2.45, 2.75) is 19.6 Å². The lowest BCUT2D eigenvalue weighted by Gasteiger charge is -2.03. The number of thiazole rings is 1. The van der Waals surface area contributed by atoms with Gasteiger partial charge in [0.05, 0.1) is 6.20 Å². The van der Waals surface area contributed by atoms with Crippen molar-refractivity contribution < 1.29 is 13.2 Å². The first-order valence-electron chi connectivity index (χ1n) is 5.27. The largest absolute Gasteiger partial charge is 0.427 e. The predicted octanol–water partition coefficient (Wildman–Crippen LogP) is 4.08. The Labute approximate surface area is 106 Å². The van der Waals surface area contributed by atoms with Crippen LogP contribution in [0.2, 0.25) is 0 Å². The van der Waals surface area contributed by atoms with Crippen molar-refractivity contribution in [2.75, 3.05) is 5.32 Å². The third-order valence-corrected chi connectivity index (χ3v) is 3.35. The zero-order valence-electron chi connectivity index (χ0n) is 9.58. The number of hydrogen-bond acceptors (Lipinski definition) is 3. The molecular formula is C12H11F3N2S. The first kappa shape index (κ1) is 12.9. The van der Waals surface area contributed by atoms with Crippen LogP contribution in [0.3, 0.4) is 0 Å². The van der Waals surface area contributed by atoms with Gasteiger partial charge in [0.25, 0.3) is 0 Å². The van der Waals surface area contributed by atoms with Gasteiger partial charge in [-0.15, -0.1) is 0 Å². The van der Waals surface area contributed by atoms with Crippen LogP contribution in [0.25, 0.3) is 0 Å². The summed E-state index contributed by atoms with van der Waals surface area (Å²) in [7, 11) is 0. The van der Waals surface area contributed by atoms with Crippen molar-refractivity contribution in [3.8, 4) is 0 Å². The summed E-state index contributed by atoms with van der Waals surface area (Å²) < 4.78 is 37.1. The number of alkyl halides is 3. The predicted molar refractivity (Wildman–Crippen MR) is 65.6 cm³/mol. The molecule has 0 atom stereocenters. The van der Waals surface area contributed by atoms with E-state index in [9.17, 15) is 13.2 Å². The molecule has 2 nitrogen and oxygen atoms in total. The quantitative estimate of drug-likeness (QED) is 0.910. The number of aromatic nitrogens is 1. The van der Waals surface area contributed by atoms with E-state index in [2.05, 4.69) is 10.3 Å². The minimum absolute atomic E-state index is 0.280. The molecule has 0 radical (unpaired) electrons. The molecule has 96 valence electrons. The Morgan fingerprint density at radius 3 is 2.44 bits per heavy atom. The zero-order chi connectivity index (χ0) is 13.2. The molecule has 18 heavy (non-hydrogen) atoms. The summed E-state index contributed by atoms with van der Waals surface area (Å²) in [4.78, 5) is 3.02. The van der Waals surface area contributed by atoms with E-state index in [0.717, 1.165) is 17.3 Å². The van der Waals surface area contributed by atoms with Crippen LogP contribution in [0.1, 0.15) is 16.0 Å². The molecule has 0 aliphatic carbocycles. The molecule has 0 saturated heterocycles. The number of rotatable bonds is 3. The summed E-state index contributed by atoms with van der Waals surface area (Å²) in [6.45, 7) is 2.44. The highest BCUT2D eigenvalue weighted by atomic mass is 32.1. The van der Waals surface area contributed by atoms with Gasteiger partial charge >= 0.3 is 6.18 Å². The van der Waals surface area contributed by atoms with Crippen LogP contribution in [0, 0.1) is 6.92 Å². The Hall–Kier alpha value is -1.56. The van der Waals surface area contributed by atoms with Crippen LogP contribution in [0.5, 0.6) is 0 Å². The molecule has 0 fully saturated rings. The monoisotopic (exact) mass is 272 g/mol. The summed E-state index contributed by atoms with van der Waals surface area (Å²) in [5.41, 5.74) is 2.15. The molecular weight excluding hydrogens is 261 g/mol. The lowest BCUT2D eigenvalue weighted by Crippen LogP contribution is -2.00. The Balaban J connectivity index is 1.98. The number of halogens is 3. The molecule has 0 aliphatic heterocycles. The summed E-state index contributed by atoms with van der Waals surface area (Å²) >= 11 is 0.615. The average molecular weight is 272 g/mol. The van der Waals surface area contributed by atoms with E-state index in [-0.39, 0.29) is 5.13 Å². The molecule has 0 spiro atoms. The van der Waals surface area contributed by atoms with E-state index in [1.165, 1.54) is 0 Å². The van der Waals surface area contributed by atoms with Crippen LogP contribution < -0.4 is 5.32 Å². The topological polar surface area (TPSA) is 24.9 Å². The van der Waals surface area contributed by atoms with Crippen molar-refractivity contribution >= 4 is 16.5 Å². The van der Waals surface area contributed by atoms with Gasteiger partial charge in [-0.2, -0.15) is 13.2 Å². The highest BCUT2D eigenvalue weighted by Gasteiger charge is 2.33. The molecule has 1 aromatic heterocycles. The maximum atomic E-state index is 12.4. The lowest BCUT2D eigenvalue weighted by atomic mass is 10.1. The summed E-state index contributed by atoms with van der Waals surface area (Å²) in [6.07, 6.45) is -3.47. The second-order valence-corrected chi connectivity index (χ2v) is 4.90. The second-order valence-electron chi connectivity index (χ2n) is 3.87. The zero-order valence-corrected chi connectivity index (χ0v) is 10.4. The van der Waals surface area contributed by atoms with Crippen LogP contribution >= 0.6 is 11.3 Å². The maximum Gasteiger partial charge on any atom is 0.427 e. The molecule has 2 rings (SSSR count). The average Bonchev–Trinajstić information content (AvgIpc) is 2.77. The minimum atomic E-state index is -4.32. The van der Waals surface area contributed by atoms with Gasteiger partial charge in [-0.3, -0.25) is 0 Å². The normalized spacial score (nSPS) is 11.6. The molecule has 6 heteroatoms. The molecule has 2 aromatic rings. The lowest BCUT2D eigenvalue weighted by molar-refractivity contribution is -0.134. The van der Waals surface area contributed by atoms with Gasteiger partial charge in [-0.1, -0.05) is 41.2 Å². The summed E-state index contributed by atoms with van der Waals surface area (Å²) in [5.74, 6) is 0. The Bertz CT molecular complexity index is 517. The van der Waals surface area contributed by atoms with E-state index in [1.54, 1.807) is 0 Å². The third kappa shape index (κ3) is 3.22. The number of anilines is 1. The fourth-order valence-corrected chi connectivity index (χ4v) is 2.05. The van der Waals surface area contributed by atoms with Crippen molar-refractivity contribution in [1.29, 1.82) is 0 Å². The standard InChI is InChI=1S/C12H11F3N2S/c1-8-2-4-9(5-3-8)6-16-11-17-7-10(18-11)12(13,14)15/h2-5,7H,6H2,1H3,(H,16,17). The number of hydrogen-bond donors (Lipinski definition) is 1. The van der Waals surface area contributed by atoms with Gasteiger partial charge in [0, 0.05) is 6.54 Å². The van der Waals surface area contributed by atoms with Gasteiger partial charge in [0.2, 0.25) is 0 Å². The van der Waals surface area contributed by atoms with Crippen molar-refractivity contribution in [2.24, 2.45) is 0 Å². The maximum absolute atomic E-state index is 12.4. The fraction of sp³-hybridized carbons (Fsp3) is 0.250. The first-order valence-corrected chi connectivity index (χ1v) is 6.09. The summed E-state index contributed by atoms with van der Waals surface area (Å²) in [6, 6.07) is 7.78. The SMILES string of the molecule is Cc1ccc(CNc2ncc(C(F)(F)F)s2)cc1. The second kappa shape index (κ2) is 4.97. The highest BCUT2D eigenvalue weighted by molar-refractivity contribution is 7.15. The highest BCUT2D eigenvalue weighted by Crippen LogP contribution is 2.35. The van der Waals surface area contributed by atoms with Crippen LogP contribution in [0.4, 0.5) is 18.3 Å². The summed E-state index contributed by atoms with van der Waals surface area (Å²) in [5, 5.41) is 3.16. The number of nitrogens with zero attached hydrogens (tertiary/aromatic N) is 1. The Morgan fingerprint density at radius 1 is 1.22 bits per heavy atom. The number of aryl methyl sites for hydroxylation is 1. The van der Waals surface area contributed by atoms with Gasteiger partial charge in [-0.25, -0.2) is 4.98 Å². The van der Waals surface area contributed by atoms with Crippen molar-refractivity contribution in [3.63, 3.8) is 0 Å². The molecule has 0 saturated carbocycles. The molecule has 0 aliphatic rings.